The van der Waals surface area contributed by atoms with Gasteiger partial charge in [-0.15, -0.1) is 0 Å². The summed E-state index contributed by atoms with van der Waals surface area (Å²) in [5.74, 6) is 1.25. The Morgan fingerprint density at radius 2 is 1.50 bits per heavy atom. The summed E-state index contributed by atoms with van der Waals surface area (Å²) in [6.07, 6.45) is 1.69. The first kappa shape index (κ1) is 19.2. The molecule has 2 heterocycles. The molecule has 0 spiro atoms. The molecular formula is C23H29BN2O2. The molecule has 2 aromatic carbocycles. The molecule has 0 bridgehead atoms. The van der Waals surface area contributed by atoms with Crippen molar-refractivity contribution in [1.29, 1.82) is 0 Å². The highest BCUT2D eigenvalue weighted by Crippen LogP contribution is 2.41. The predicted molar refractivity (Wildman–Crippen MR) is 114 cm³/mol. The molecule has 1 aliphatic rings. The Kier molecular flexibility index (Phi) is 4.84. The van der Waals surface area contributed by atoms with E-state index < -0.39 is 0 Å². The Morgan fingerprint density at radius 3 is 2.14 bits per heavy atom. The molecule has 0 saturated carbocycles. The van der Waals surface area contributed by atoms with Gasteiger partial charge in [0.2, 0.25) is 0 Å². The van der Waals surface area contributed by atoms with E-state index in [1.165, 1.54) is 5.56 Å². The van der Waals surface area contributed by atoms with Crippen LogP contribution in [0, 0.1) is 0 Å². The third kappa shape index (κ3) is 3.49. The van der Waals surface area contributed by atoms with Gasteiger partial charge in [0.25, 0.3) is 0 Å². The minimum absolute atomic E-state index is 0.180. The number of para-hydroxylation sites is 2. The van der Waals surface area contributed by atoms with Gasteiger partial charge in [0.05, 0.1) is 22.2 Å². The van der Waals surface area contributed by atoms with Crippen LogP contribution in [0.25, 0.3) is 11.0 Å². The van der Waals surface area contributed by atoms with Crippen molar-refractivity contribution >= 4 is 18.2 Å². The maximum Gasteiger partial charge on any atom is 0.461 e. The molecular weight excluding hydrogens is 347 g/mol. The largest absolute Gasteiger partial charge is 0.461 e. The van der Waals surface area contributed by atoms with Crippen molar-refractivity contribution in [3.63, 3.8) is 0 Å². The summed E-state index contributed by atoms with van der Waals surface area (Å²) in [5.41, 5.74) is 2.82. The second-order valence-electron chi connectivity index (χ2n) is 8.85. The lowest BCUT2D eigenvalue weighted by Crippen LogP contribution is -2.41. The van der Waals surface area contributed by atoms with Crippen LogP contribution in [0.15, 0.2) is 54.6 Å². The van der Waals surface area contributed by atoms with Crippen LogP contribution < -0.4 is 0 Å². The zero-order valence-electron chi connectivity index (χ0n) is 17.5. The molecule has 3 aromatic rings. The van der Waals surface area contributed by atoms with Crippen LogP contribution in [-0.4, -0.2) is 27.9 Å². The maximum absolute atomic E-state index is 6.43. The smallest absolute Gasteiger partial charge is 0.403 e. The van der Waals surface area contributed by atoms with Gasteiger partial charge in [0, 0.05) is 19.3 Å². The van der Waals surface area contributed by atoms with Crippen molar-refractivity contribution in [2.45, 2.75) is 57.6 Å². The Hall–Kier alpha value is -2.11. The van der Waals surface area contributed by atoms with E-state index >= 15 is 0 Å². The number of aryl methyl sites for hydroxylation is 1. The van der Waals surface area contributed by atoms with Gasteiger partial charge in [-0.1, -0.05) is 42.5 Å². The fraction of sp³-hybridized carbons (Fsp3) is 0.435. The first-order valence-corrected chi connectivity index (χ1v) is 10.1. The number of hydrogen-bond acceptors (Lipinski definition) is 3. The van der Waals surface area contributed by atoms with E-state index in [0.29, 0.717) is 0 Å². The van der Waals surface area contributed by atoms with Crippen LogP contribution in [0.2, 0.25) is 5.82 Å². The molecule has 146 valence electrons. The zero-order chi connectivity index (χ0) is 19.9. The third-order valence-electron chi connectivity index (χ3n) is 6.32. The summed E-state index contributed by atoms with van der Waals surface area (Å²) in [5, 5.41) is 0. The summed E-state index contributed by atoms with van der Waals surface area (Å²) in [7, 11) is 1.83. The minimum Gasteiger partial charge on any atom is -0.403 e. The Morgan fingerprint density at radius 1 is 0.893 bits per heavy atom. The van der Waals surface area contributed by atoms with Crippen LogP contribution >= 0.6 is 0 Å². The normalized spacial score (nSPS) is 19.2. The van der Waals surface area contributed by atoms with Gasteiger partial charge >= 0.3 is 7.12 Å². The lowest BCUT2D eigenvalue weighted by Gasteiger charge is -2.32. The molecule has 1 aromatic heterocycles. The third-order valence-corrected chi connectivity index (χ3v) is 6.32. The monoisotopic (exact) mass is 376 g/mol. The first-order chi connectivity index (χ1) is 13.3. The number of rotatable bonds is 5. The summed E-state index contributed by atoms with van der Waals surface area (Å²) < 4.78 is 15.0. The predicted octanol–water partition coefficient (Wildman–Crippen LogP) is 4.82. The topological polar surface area (TPSA) is 36.3 Å². The van der Waals surface area contributed by atoms with E-state index in [2.05, 4.69) is 87.8 Å². The Balaban J connectivity index is 1.66. The van der Waals surface area contributed by atoms with Crippen molar-refractivity contribution in [3.05, 3.63) is 66.0 Å². The lowest BCUT2D eigenvalue weighted by atomic mass is 9.67. The van der Waals surface area contributed by atoms with Crippen LogP contribution in [0.1, 0.15) is 39.1 Å². The quantitative estimate of drug-likeness (QED) is 0.599. The molecule has 4 rings (SSSR count). The second kappa shape index (κ2) is 7.05. The van der Waals surface area contributed by atoms with Gasteiger partial charge in [0.1, 0.15) is 5.82 Å². The molecule has 1 aliphatic heterocycles. The molecule has 0 radical (unpaired) electrons. The van der Waals surface area contributed by atoms with E-state index in [1.807, 2.05) is 6.07 Å². The van der Waals surface area contributed by atoms with Gasteiger partial charge in [-0.3, -0.25) is 0 Å². The van der Waals surface area contributed by atoms with E-state index in [4.69, 9.17) is 14.3 Å². The highest BCUT2D eigenvalue weighted by Gasteiger charge is 2.53. The SMILES string of the molecule is Cn1c(C[C@H](Cc2ccccc2)B2OC(C)(C)C(C)(C)O2)nc2ccccc21. The Bertz CT molecular complexity index is 949. The average molecular weight is 376 g/mol. The van der Waals surface area contributed by atoms with E-state index in [0.717, 1.165) is 29.7 Å². The van der Waals surface area contributed by atoms with Crippen LogP contribution in [-0.2, 0) is 29.2 Å². The van der Waals surface area contributed by atoms with Crippen LogP contribution in [0.5, 0.6) is 0 Å². The molecule has 4 nitrogen and oxygen atoms in total. The van der Waals surface area contributed by atoms with Gasteiger partial charge in [0.15, 0.2) is 0 Å². The maximum atomic E-state index is 6.43. The number of hydrogen-bond donors (Lipinski definition) is 0. The van der Waals surface area contributed by atoms with Crippen molar-refractivity contribution in [2.75, 3.05) is 0 Å². The standard InChI is InChI=1S/C23H29BN2O2/c1-22(2)23(3,4)28-24(27-22)18(15-17-11-7-6-8-12-17)16-21-25-19-13-9-10-14-20(19)26(21)5/h6-14,18H,15-16H2,1-5H3/t18-/m0/s1. The highest BCUT2D eigenvalue weighted by atomic mass is 16.7. The second-order valence-corrected chi connectivity index (χ2v) is 8.85. The number of nitrogens with zero attached hydrogens (tertiary/aromatic N) is 2. The van der Waals surface area contributed by atoms with Crippen molar-refractivity contribution in [3.8, 4) is 0 Å². The fourth-order valence-corrected chi connectivity index (χ4v) is 3.88. The molecule has 0 unspecified atom stereocenters. The number of benzene rings is 2. The number of imidazole rings is 1. The number of fused-ring (bicyclic) bond motifs is 1. The number of aromatic nitrogens is 2. The molecule has 0 aliphatic carbocycles. The van der Waals surface area contributed by atoms with Crippen molar-refractivity contribution < 1.29 is 9.31 Å². The van der Waals surface area contributed by atoms with Crippen LogP contribution in [0.4, 0.5) is 0 Å². The molecule has 0 N–H and O–H groups in total. The molecule has 1 saturated heterocycles. The van der Waals surface area contributed by atoms with Crippen molar-refractivity contribution in [1.82, 2.24) is 9.55 Å². The van der Waals surface area contributed by atoms with Gasteiger partial charge in [-0.05, 0) is 51.8 Å². The summed E-state index contributed by atoms with van der Waals surface area (Å²) in [6.45, 7) is 8.45. The fourth-order valence-electron chi connectivity index (χ4n) is 3.88. The van der Waals surface area contributed by atoms with E-state index in [1.54, 1.807) is 0 Å². The van der Waals surface area contributed by atoms with E-state index in [9.17, 15) is 0 Å². The summed E-state index contributed by atoms with van der Waals surface area (Å²) in [6, 6.07) is 18.9. The lowest BCUT2D eigenvalue weighted by molar-refractivity contribution is 0.00578. The summed E-state index contributed by atoms with van der Waals surface area (Å²) in [4.78, 5) is 4.89. The van der Waals surface area contributed by atoms with Gasteiger partial charge < -0.3 is 13.9 Å². The minimum atomic E-state index is -0.334. The first-order valence-electron chi connectivity index (χ1n) is 10.1. The highest BCUT2D eigenvalue weighted by molar-refractivity contribution is 6.47. The molecule has 0 amide bonds. The molecule has 1 atom stereocenters. The average Bonchev–Trinajstić information content (AvgIpc) is 3.08. The molecule has 1 fully saturated rings. The Labute approximate surface area is 168 Å². The zero-order valence-corrected chi connectivity index (χ0v) is 17.5. The van der Waals surface area contributed by atoms with Crippen molar-refractivity contribution in [2.24, 2.45) is 7.05 Å². The molecule has 28 heavy (non-hydrogen) atoms. The van der Waals surface area contributed by atoms with Gasteiger partial charge in [-0.25, -0.2) is 4.98 Å². The van der Waals surface area contributed by atoms with Crippen LogP contribution in [0.3, 0.4) is 0 Å². The van der Waals surface area contributed by atoms with E-state index in [-0.39, 0.29) is 24.1 Å². The summed E-state index contributed by atoms with van der Waals surface area (Å²) >= 11 is 0. The molecule has 5 heteroatoms. The van der Waals surface area contributed by atoms with Gasteiger partial charge in [-0.2, -0.15) is 0 Å².